The molecule has 0 unspecified atom stereocenters. The number of fused-ring (bicyclic) bond motifs is 1. The van der Waals surface area contributed by atoms with E-state index in [-0.39, 0.29) is 0 Å². The fourth-order valence-corrected chi connectivity index (χ4v) is 1.79. The summed E-state index contributed by atoms with van der Waals surface area (Å²) in [5, 5.41) is 1.09. The van der Waals surface area contributed by atoms with Gasteiger partial charge in [-0.1, -0.05) is 18.2 Å². The van der Waals surface area contributed by atoms with E-state index in [1.807, 2.05) is 30.5 Å². The number of carbonyl (C=O) groups excluding carboxylic acids is 1. The van der Waals surface area contributed by atoms with Crippen LogP contribution in [0.2, 0.25) is 0 Å². The normalized spacial score (nSPS) is 11.8. The van der Waals surface area contributed by atoms with Crippen molar-refractivity contribution in [3.63, 3.8) is 0 Å². The number of rotatable bonds is 3. The molecule has 0 aliphatic heterocycles. The lowest BCUT2D eigenvalue weighted by Crippen LogP contribution is -2.23. The minimum atomic E-state index is -0.699. The molecule has 0 aliphatic rings. The van der Waals surface area contributed by atoms with Gasteiger partial charge in [-0.3, -0.25) is 4.98 Å². The topological polar surface area (TPSA) is 48.4 Å². The van der Waals surface area contributed by atoms with Gasteiger partial charge >= 0.3 is 6.16 Å². The molecule has 2 aromatic rings. The molecule has 0 radical (unpaired) electrons. The first kappa shape index (κ1) is 15.0. The number of allylic oxidation sites excluding steroid dienone is 1. The van der Waals surface area contributed by atoms with Crippen LogP contribution in [0.1, 0.15) is 26.3 Å². The maximum Gasteiger partial charge on any atom is 0.513 e. The molecule has 0 N–H and O–H groups in total. The van der Waals surface area contributed by atoms with E-state index in [0.717, 1.165) is 16.5 Å². The summed E-state index contributed by atoms with van der Waals surface area (Å²) < 4.78 is 9.89. The maximum absolute atomic E-state index is 11.3. The molecule has 0 saturated heterocycles. The first-order chi connectivity index (χ1) is 9.94. The van der Waals surface area contributed by atoms with Crippen molar-refractivity contribution in [3.05, 3.63) is 54.4 Å². The summed E-state index contributed by atoms with van der Waals surface area (Å²) in [6.45, 7) is 5.37. The quantitative estimate of drug-likeness (QED) is 0.625. The lowest BCUT2D eigenvalue weighted by atomic mass is 10.1. The number of nitrogens with zero attached hydrogens (tertiary/aromatic N) is 1. The number of ether oxygens (including phenoxy) is 2. The van der Waals surface area contributed by atoms with Crippen molar-refractivity contribution in [2.45, 2.75) is 32.8 Å². The van der Waals surface area contributed by atoms with Crippen molar-refractivity contribution in [2.75, 3.05) is 0 Å². The minimum absolute atomic E-state index is 0.548. The number of aromatic nitrogens is 1. The summed E-state index contributed by atoms with van der Waals surface area (Å²) in [5.74, 6) is 0. The molecule has 0 atom stereocenters. The highest BCUT2D eigenvalue weighted by molar-refractivity contribution is 5.78. The minimum Gasteiger partial charge on any atom is -0.428 e. The molecule has 0 amide bonds. The van der Waals surface area contributed by atoms with Crippen molar-refractivity contribution in [2.24, 2.45) is 0 Å². The summed E-state index contributed by atoms with van der Waals surface area (Å²) in [7, 11) is 0. The van der Waals surface area contributed by atoms with Crippen molar-refractivity contribution in [1.29, 1.82) is 0 Å². The van der Waals surface area contributed by atoms with E-state index in [9.17, 15) is 4.79 Å². The first-order valence-electron chi connectivity index (χ1n) is 6.82. The number of hydrogen-bond acceptors (Lipinski definition) is 4. The van der Waals surface area contributed by atoms with Gasteiger partial charge < -0.3 is 9.47 Å². The van der Waals surface area contributed by atoms with E-state index < -0.39 is 11.8 Å². The third kappa shape index (κ3) is 4.91. The van der Waals surface area contributed by atoms with E-state index in [4.69, 9.17) is 9.47 Å². The van der Waals surface area contributed by atoms with Gasteiger partial charge in [0.2, 0.25) is 0 Å². The van der Waals surface area contributed by atoms with Gasteiger partial charge in [-0.2, -0.15) is 0 Å². The van der Waals surface area contributed by atoms with E-state index in [2.05, 4.69) is 11.1 Å². The fourth-order valence-electron chi connectivity index (χ4n) is 1.79. The highest BCUT2D eigenvalue weighted by Gasteiger charge is 2.16. The van der Waals surface area contributed by atoms with Gasteiger partial charge in [0, 0.05) is 11.6 Å². The van der Waals surface area contributed by atoms with Gasteiger partial charge in [0.25, 0.3) is 0 Å². The molecular weight excluding hydrogens is 266 g/mol. The van der Waals surface area contributed by atoms with Crippen LogP contribution in [0.4, 0.5) is 4.79 Å². The first-order valence-corrected chi connectivity index (χ1v) is 6.82. The molecule has 4 nitrogen and oxygen atoms in total. The predicted octanol–water partition coefficient (Wildman–Crippen LogP) is 4.24. The average molecular weight is 285 g/mol. The number of pyridine rings is 1. The van der Waals surface area contributed by atoms with Crippen LogP contribution in [0, 0.1) is 0 Å². The average Bonchev–Trinajstić information content (AvgIpc) is 2.41. The molecular formula is C17H19NO3. The molecule has 2 rings (SSSR count). The number of carbonyl (C=O) groups is 1. The van der Waals surface area contributed by atoms with Crippen LogP contribution in [-0.4, -0.2) is 16.7 Å². The Morgan fingerprint density at radius 3 is 2.81 bits per heavy atom. The van der Waals surface area contributed by atoms with Gasteiger partial charge in [0.1, 0.15) is 5.60 Å². The lowest BCUT2D eigenvalue weighted by Gasteiger charge is -2.17. The van der Waals surface area contributed by atoms with Gasteiger partial charge in [0.15, 0.2) is 0 Å². The Morgan fingerprint density at radius 2 is 2.05 bits per heavy atom. The Hall–Kier alpha value is -2.36. The maximum atomic E-state index is 11.3. The zero-order valence-corrected chi connectivity index (χ0v) is 12.5. The molecule has 1 aromatic carbocycles. The third-order valence-electron chi connectivity index (χ3n) is 2.65. The standard InChI is InChI=1S/C17H19NO3/c1-17(2,3)21-16(19)20-10-6-7-13-11-14-8-4-5-9-15(14)18-12-13/h4-6,8-12H,7H2,1-3H3/b10-6-. The number of para-hydroxylation sites is 1. The van der Waals surface area contributed by atoms with Gasteiger partial charge in [-0.05, 0) is 51.0 Å². The Balaban J connectivity index is 1.89. The zero-order valence-electron chi connectivity index (χ0n) is 12.5. The highest BCUT2D eigenvalue weighted by atomic mass is 16.7. The van der Waals surface area contributed by atoms with Gasteiger partial charge in [-0.15, -0.1) is 0 Å². The van der Waals surface area contributed by atoms with E-state index in [1.54, 1.807) is 26.8 Å². The Labute approximate surface area is 124 Å². The largest absolute Gasteiger partial charge is 0.513 e. The Bertz CT molecular complexity index is 656. The second kappa shape index (κ2) is 6.39. The third-order valence-corrected chi connectivity index (χ3v) is 2.65. The van der Waals surface area contributed by atoms with Crippen LogP contribution in [0.3, 0.4) is 0 Å². The summed E-state index contributed by atoms with van der Waals surface area (Å²) in [4.78, 5) is 15.7. The second-order valence-corrected chi connectivity index (χ2v) is 5.69. The molecule has 1 heterocycles. The Kier molecular flexibility index (Phi) is 4.58. The van der Waals surface area contributed by atoms with Crippen LogP contribution in [0.25, 0.3) is 10.9 Å². The van der Waals surface area contributed by atoms with E-state index in [1.165, 1.54) is 6.26 Å². The summed E-state index contributed by atoms with van der Waals surface area (Å²) in [6, 6.07) is 10.0. The van der Waals surface area contributed by atoms with Crippen molar-refractivity contribution < 1.29 is 14.3 Å². The predicted molar refractivity (Wildman–Crippen MR) is 81.9 cm³/mol. The monoisotopic (exact) mass is 285 g/mol. The molecule has 1 aromatic heterocycles. The van der Waals surface area contributed by atoms with Crippen LogP contribution in [0.5, 0.6) is 0 Å². The van der Waals surface area contributed by atoms with E-state index in [0.29, 0.717) is 6.42 Å². The molecule has 21 heavy (non-hydrogen) atoms. The molecule has 0 spiro atoms. The number of benzene rings is 1. The molecule has 110 valence electrons. The second-order valence-electron chi connectivity index (χ2n) is 5.69. The van der Waals surface area contributed by atoms with Crippen LogP contribution in [0.15, 0.2) is 48.9 Å². The summed E-state index contributed by atoms with van der Waals surface area (Å²) in [5.41, 5.74) is 1.47. The molecule has 4 heteroatoms. The van der Waals surface area contributed by atoms with Crippen molar-refractivity contribution >= 4 is 17.1 Å². The molecule has 0 bridgehead atoms. The van der Waals surface area contributed by atoms with Crippen LogP contribution in [-0.2, 0) is 15.9 Å². The summed E-state index contributed by atoms with van der Waals surface area (Å²) in [6.07, 6.45) is 4.87. The highest BCUT2D eigenvalue weighted by Crippen LogP contribution is 2.13. The van der Waals surface area contributed by atoms with Crippen molar-refractivity contribution in [1.82, 2.24) is 4.98 Å². The molecule has 0 saturated carbocycles. The fraction of sp³-hybridized carbons (Fsp3) is 0.294. The molecule has 0 fully saturated rings. The lowest BCUT2D eigenvalue weighted by molar-refractivity contribution is 0.0110. The zero-order chi connectivity index (χ0) is 15.3. The van der Waals surface area contributed by atoms with Crippen LogP contribution >= 0.6 is 0 Å². The van der Waals surface area contributed by atoms with Gasteiger partial charge in [-0.25, -0.2) is 4.79 Å². The smallest absolute Gasteiger partial charge is 0.428 e. The SMILES string of the molecule is CC(C)(C)OC(=O)O/C=C\Cc1cnc2ccccc2c1. The van der Waals surface area contributed by atoms with Crippen LogP contribution < -0.4 is 0 Å². The van der Waals surface area contributed by atoms with Gasteiger partial charge in [0.05, 0.1) is 11.8 Å². The van der Waals surface area contributed by atoms with E-state index >= 15 is 0 Å². The molecule has 0 aliphatic carbocycles. The summed E-state index contributed by atoms with van der Waals surface area (Å²) >= 11 is 0. The van der Waals surface area contributed by atoms with Crippen molar-refractivity contribution in [3.8, 4) is 0 Å². The number of hydrogen-bond donors (Lipinski definition) is 0. The Morgan fingerprint density at radius 1 is 1.29 bits per heavy atom.